The topological polar surface area (TPSA) is 35.6 Å². The molecule has 0 atom stereocenters. The quantitative estimate of drug-likeness (QED) is 0.768. The summed E-state index contributed by atoms with van der Waals surface area (Å²) in [7, 11) is 2.17. The van der Waals surface area contributed by atoms with E-state index < -0.39 is 0 Å². The number of likely N-dealkylation sites (N-methyl/N-ethyl adjacent to an activating group) is 1. The molecule has 4 heteroatoms. The molecule has 154 valence electrons. The molecule has 1 heterocycles. The predicted molar refractivity (Wildman–Crippen MR) is 122 cm³/mol. The molecular weight excluding hydrogens is 358 g/mol. The first-order valence-corrected chi connectivity index (χ1v) is 10.4. The normalized spacial score (nSPS) is 16.3. The fraction of sp³-hybridized carbons (Fsp3) is 0.400. The Hall–Kier alpha value is -2.43. The maximum Gasteiger partial charge on any atom is 0.248 e. The molecule has 1 saturated heterocycles. The fourth-order valence-corrected chi connectivity index (χ4v) is 3.41. The molecule has 0 bridgehead atoms. The average molecular weight is 392 g/mol. The summed E-state index contributed by atoms with van der Waals surface area (Å²) in [5, 5.41) is 2.94. The van der Waals surface area contributed by atoms with E-state index in [0.29, 0.717) is 0 Å². The molecule has 1 fully saturated rings. The van der Waals surface area contributed by atoms with Crippen LogP contribution in [0.15, 0.2) is 54.6 Å². The van der Waals surface area contributed by atoms with Gasteiger partial charge in [-0.3, -0.25) is 9.69 Å². The Bertz CT molecular complexity index is 824. The highest BCUT2D eigenvalue weighted by Crippen LogP contribution is 2.22. The van der Waals surface area contributed by atoms with Crippen LogP contribution in [0.4, 0.5) is 5.69 Å². The molecule has 2 aromatic carbocycles. The van der Waals surface area contributed by atoms with E-state index in [1.165, 1.54) is 11.1 Å². The number of nitrogens with zero attached hydrogens (tertiary/aromatic N) is 2. The van der Waals surface area contributed by atoms with Crippen LogP contribution in [0.2, 0.25) is 0 Å². The minimum atomic E-state index is -0.114. The molecule has 0 unspecified atom stereocenters. The van der Waals surface area contributed by atoms with Gasteiger partial charge in [-0.05, 0) is 47.4 Å². The number of carbonyl (C=O) groups is 1. The maximum atomic E-state index is 12.2. The molecule has 1 aliphatic rings. The van der Waals surface area contributed by atoms with Crippen molar-refractivity contribution in [3.8, 4) is 0 Å². The van der Waals surface area contributed by atoms with E-state index in [-0.39, 0.29) is 11.3 Å². The maximum absolute atomic E-state index is 12.2. The smallest absolute Gasteiger partial charge is 0.248 e. The van der Waals surface area contributed by atoms with E-state index in [4.69, 9.17) is 0 Å². The fourth-order valence-electron chi connectivity index (χ4n) is 3.41. The highest BCUT2D eigenvalue weighted by atomic mass is 16.1. The number of hydrogen-bond acceptors (Lipinski definition) is 3. The molecular formula is C25H33N3O. The van der Waals surface area contributed by atoms with Crippen LogP contribution in [0.25, 0.3) is 6.08 Å². The molecule has 0 aliphatic carbocycles. The van der Waals surface area contributed by atoms with Gasteiger partial charge in [0.2, 0.25) is 5.91 Å². The minimum Gasteiger partial charge on any atom is -0.323 e. The van der Waals surface area contributed by atoms with Crippen LogP contribution in [0.1, 0.15) is 37.5 Å². The molecule has 29 heavy (non-hydrogen) atoms. The van der Waals surface area contributed by atoms with Crippen LogP contribution in [0.3, 0.4) is 0 Å². The average Bonchev–Trinajstić information content (AvgIpc) is 2.69. The lowest BCUT2D eigenvalue weighted by molar-refractivity contribution is -0.111. The van der Waals surface area contributed by atoms with Crippen LogP contribution >= 0.6 is 0 Å². The number of hydrogen-bond donors (Lipinski definition) is 1. The lowest BCUT2D eigenvalue weighted by Crippen LogP contribution is -2.43. The largest absolute Gasteiger partial charge is 0.323 e. The second-order valence-electron chi connectivity index (χ2n) is 8.97. The van der Waals surface area contributed by atoms with E-state index in [9.17, 15) is 4.79 Å². The third kappa shape index (κ3) is 6.55. The summed E-state index contributed by atoms with van der Waals surface area (Å²) < 4.78 is 0. The highest BCUT2D eigenvalue weighted by Gasteiger charge is 2.14. The van der Waals surface area contributed by atoms with E-state index in [0.717, 1.165) is 44.0 Å². The zero-order chi connectivity index (χ0) is 20.9. The first-order valence-electron chi connectivity index (χ1n) is 10.4. The number of benzene rings is 2. The van der Waals surface area contributed by atoms with Crippen molar-refractivity contribution in [2.45, 2.75) is 32.7 Å². The Morgan fingerprint density at radius 1 is 0.966 bits per heavy atom. The van der Waals surface area contributed by atoms with Crippen molar-refractivity contribution in [2.24, 2.45) is 0 Å². The van der Waals surface area contributed by atoms with Gasteiger partial charge in [0.1, 0.15) is 0 Å². The molecule has 1 amide bonds. The van der Waals surface area contributed by atoms with Crippen LogP contribution < -0.4 is 5.32 Å². The lowest BCUT2D eigenvalue weighted by Gasteiger charge is -2.32. The monoisotopic (exact) mass is 391 g/mol. The van der Waals surface area contributed by atoms with Gasteiger partial charge < -0.3 is 10.2 Å². The zero-order valence-electron chi connectivity index (χ0n) is 18.1. The molecule has 1 N–H and O–H groups in total. The van der Waals surface area contributed by atoms with Crippen LogP contribution in [0.5, 0.6) is 0 Å². The van der Waals surface area contributed by atoms with Gasteiger partial charge in [0.05, 0.1) is 0 Å². The molecule has 2 aromatic rings. The third-order valence-corrected chi connectivity index (χ3v) is 5.43. The number of carbonyl (C=O) groups excluding carboxylic acids is 1. The van der Waals surface area contributed by atoms with Crippen LogP contribution in [-0.4, -0.2) is 48.9 Å². The first kappa shape index (κ1) is 21.3. The standard InChI is InChI=1S/C25H33N3O/c1-25(2,3)22-10-5-20(6-11-22)9-14-24(29)26-23-12-7-21(8-13-23)19-28-17-15-27(4)16-18-28/h5-14H,15-19H2,1-4H3,(H,26,29)/b14-9+. The third-order valence-electron chi connectivity index (χ3n) is 5.43. The van der Waals surface area contributed by atoms with Crippen molar-refractivity contribution in [3.63, 3.8) is 0 Å². The Morgan fingerprint density at radius 2 is 1.59 bits per heavy atom. The molecule has 0 saturated carbocycles. The van der Waals surface area contributed by atoms with Crippen molar-refractivity contribution in [1.29, 1.82) is 0 Å². The Balaban J connectivity index is 1.50. The van der Waals surface area contributed by atoms with Crippen molar-refractivity contribution in [2.75, 3.05) is 38.5 Å². The van der Waals surface area contributed by atoms with Gasteiger partial charge in [0.25, 0.3) is 0 Å². The van der Waals surface area contributed by atoms with Crippen molar-refractivity contribution < 1.29 is 4.79 Å². The summed E-state index contributed by atoms with van der Waals surface area (Å²) in [6.07, 6.45) is 3.44. The second-order valence-corrected chi connectivity index (χ2v) is 8.97. The molecule has 0 radical (unpaired) electrons. The van der Waals surface area contributed by atoms with Crippen molar-refractivity contribution >= 4 is 17.7 Å². The number of piperazine rings is 1. The van der Waals surface area contributed by atoms with Crippen LogP contribution in [-0.2, 0) is 16.8 Å². The summed E-state index contributed by atoms with van der Waals surface area (Å²) in [5.74, 6) is -0.114. The summed E-state index contributed by atoms with van der Waals surface area (Å²) in [6, 6.07) is 16.5. The summed E-state index contributed by atoms with van der Waals surface area (Å²) >= 11 is 0. The van der Waals surface area contributed by atoms with E-state index in [1.807, 2.05) is 18.2 Å². The number of anilines is 1. The summed E-state index contributed by atoms with van der Waals surface area (Å²) in [6.45, 7) is 12.0. The molecule has 0 spiro atoms. The van der Waals surface area contributed by atoms with E-state index >= 15 is 0 Å². The van der Waals surface area contributed by atoms with Crippen LogP contribution in [0, 0.1) is 0 Å². The van der Waals surface area contributed by atoms with Gasteiger partial charge in [-0.15, -0.1) is 0 Å². The summed E-state index contributed by atoms with van der Waals surface area (Å²) in [5.41, 5.74) is 4.55. The van der Waals surface area contributed by atoms with E-state index in [1.54, 1.807) is 6.08 Å². The summed E-state index contributed by atoms with van der Waals surface area (Å²) in [4.78, 5) is 17.1. The molecule has 3 rings (SSSR count). The van der Waals surface area contributed by atoms with Gasteiger partial charge in [-0.2, -0.15) is 0 Å². The van der Waals surface area contributed by atoms with Gasteiger partial charge in [0.15, 0.2) is 0 Å². The van der Waals surface area contributed by atoms with Gasteiger partial charge in [-0.1, -0.05) is 57.2 Å². The molecule has 4 nitrogen and oxygen atoms in total. The van der Waals surface area contributed by atoms with E-state index in [2.05, 4.69) is 79.3 Å². The van der Waals surface area contributed by atoms with Gasteiger partial charge >= 0.3 is 0 Å². The second kappa shape index (κ2) is 9.38. The molecule has 0 aromatic heterocycles. The first-order chi connectivity index (χ1) is 13.8. The SMILES string of the molecule is CN1CCN(Cc2ccc(NC(=O)/C=C/c3ccc(C(C)(C)C)cc3)cc2)CC1. The Kier molecular flexibility index (Phi) is 6.88. The number of amides is 1. The highest BCUT2D eigenvalue weighted by molar-refractivity contribution is 6.01. The minimum absolute atomic E-state index is 0.114. The Labute approximate surface area is 175 Å². The van der Waals surface area contributed by atoms with Crippen molar-refractivity contribution in [1.82, 2.24) is 9.80 Å². The number of nitrogens with one attached hydrogen (secondary N) is 1. The zero-order valence-corrected chi connectivity index (χ0v) is 18.1. The van der Waals surface area contributed by atoms with Gasteiger partial charge in [-0.25, -0.2) is 0 Å². The number of rotatable bonds is 5. The predicted octanol–water partition coefficient (Wildman–Crippen LogP) is 4.38. The van der Waals surface area contributed by atoms with Crippen molar-refractivity contribution in [3.05, 3.63) is 71.3 Å². The lowest BCUT2D eigenvalue weighted by atomic mass is 9.87. The Morgan fingerprint density at radius 3 is 2.17 bits per heavy atom. The van der Waals surface area contributed by atoms with Gasteiger partial charge in [0, 0.05) is 44.5 Å². The molecule has 1 aliphatic heterocycles.